The summed E-state index contributed by atoms with van der Waals surface area (Å²) < 4.78 is 47.4. The van der Waals surface area contributed by atoms with Crippen molar-refractivity contribution < 1.29 is 47.5 Å². The minimum absolute atomic E-state index is 0.0197. The molecule has 2 aromatic rings. The molecule has 0 aliphatic carbocycles. The van der Waals surface area contributed by atoms with Crippen LogP contribution < -0.4 is 21.1 Å². The molecule has 2 aliphatic heterocycles. The Hall–Kier alpha value is -3.34. The molecule has 326 valence electrons. The van der Waals surface area contributed by atoms with Gasteiger partial charge in [0.25, 0.3) is 0 Å². The number of likely N-dealkylation sites (tertiary alicyclic amines) is 1. The predicted molar refractivity (Wildman–Crippen MR) is 223 cm³/mol. The third-order valence-electron chi connectivity index (χ3n) is 10.7. The Morgan fingerprint density at radius 1 is 0.793 bits per heavy atom. The number of rotatable bonds is 24. The van der Waals surface area contributed by atoms with Crippen molar-refractivity contribution in [1.82, 2.24) is 4.90 Å². The average Bonchev–Trinajstić information content (AvgIpc) is 3.21. The summed E-state index contributed by atoms with van der Waals surface area (Å²) in [6, 6.07) is 12.9. The molecule has 2 aromatic carbocycles. The summed E-state index contributed by atoms with van der Waals surface area (Å²) in [6.45, 7) is 15.3. The number of methoxy groups -OCH3 is 3. The molecule has 14 nitrogen and oxygen atoms in total. The second-order valence-electron chi connectivity index (χ2n) is 16.3. The van der Waals surface area contributed by atoms with Gasteiger partial charge >= 0.3 is 5.97 Å². The predicted octanol–water partition coefficient (Wildman–Crippen LogP) is 4.14. The third-order valence-corrected chi connectivity index (χ3v) is 10.7. The number of hydrogen-bond donors (Lipinski definition) is 2. The fourth-order valence-electron chi connectivity index (χ4n) is 7.23. The van der Waals surface area contributed by atoms with Gasteiger partial charge in [-0.3, -0.25) is 9.59 Å². The zero-order chi connectivity index (χ0) is 42.2. The van der Waals surface area contributed by atoms with E-state index in [1.807, 2.05) is 39.8 Å². The summed E-state index contributed by atoms with van der Waals surface area (Å²) in [7, 11) is 4.95. The topological polar surface area (TPSA) is 166 Å². The van der Waals surface area contributed by atoms with E-state index in [0.29, 0.717) is 39.6 Å². The van der Waals surface area contributed by atoms with Crippen molar-refractivity contribution in [1.29, 1.82) is 0 Å². The van der Waals surface area contributed by atoms with Gasteiger partial charge in [-0.25, -0.2) is 0 Å². The zero-order valence-corrected chi connectivity index (χ0v) is 36.1. The second kappa shape index (κ2) is 24.0. The summed E-state index contributed by atoms with van der Waals surface area (Å²) in [4.78, 5) is 31.0. The minimum atomic E-state index is -0.788. The number of amides is 1. The van der Waals surface area contributed by atoms with Crippen molar-refractivity contribution in [2.75, 3.05) is 92.0 Å². The first-order valence-electron chi connectivity index (χ1n) is 20.7. The Morgan fingerprint density at radius 3 is 2.12 bits per heavy atom. The number of piperidine rings is 1. The standard InChI is InChI=1S/C44H70N4O10/c1-29(2)41(45)43(49)48-21-38(56-26-33-12-15-37-36(20-33)47(17-19-55-37)16-9-18-51-6)40(34-13-10-32(11-14-34)25-54-24-31(5)23-52-7)39(22-48)57-28-35(27-53-8)58-44(50)42(46)30(3)4/h10-15,20,29-31,35,38-42H,9,16-19,21-28,45-46H2,1-8H3/t31-,35-,38-,39+,40+,41-,42+/m0/s1. The SMILES string of the molecule is COCCCN1CCOc2ccc(CO[C@H]3CN(C(=O)[C@@H](N)C(C)C)C[C@@H](OC[C@H](COC)OC(=O)[C@H](N)C(C)C)[C@@H]3c3ccc(COC[C@@H](C)COC)cc3)cc21. The van der Waals surface area contributed by atoms with Crippen molar-refractivity contribution in [2.45, 2.75) is 90.6 Å². The molecule has 4 rings (SSSR count). The summed E-state index contributed by atoms with van der Waals surface area (Å²) in [5, 5.41) is 0. The quantitative estimate of drug-likeness (QED) is 0.115. The van der Waals surface area contributed by atoms with E-state index in [4.69, 9.17) is 49.4 Å². The number of ether oxygens (including phenoxy) is 8. The highest BCUT2D eigenvalue weighted by atomic mass is 16.6. The maximum absolute atomic E-state index is 13.9. The van der Waals surface area contributed by atoms with E-state index < -0.39 is 36.4 Å². The van der Waals surface area contributed by atoms with Crippen molar-refractivity contribution in [3.05, 3.63) is 59.2 Å². The van der Waals surface area contributed by atoms with Crippen molar-refractivity contribution in [3.8, 4) is 5.75 Å². The lowest BCUT2D eigenvalue weighted by Crippen LogP contribution is -2.58. The Balaban J connectivity index is 1.65. The molecule has 58 heavy (non-hydrogen) atoms. The Kier molecular flexibility index (Phi) is 19.6. The van der Waals surface area contributed by atoms with Gasteiger partial charge in [0.2, 0.25) is 5.91 Å². The van der Waals surface area contributed by atoms with Crippen LogP contribution in [0.4, 0.5) is 5.69 Å². The van der Waals surface area contributed by atoms with Gasteiger partial charge in [-0.2, -0.15) is 0 Å². The zero-order valence-electron chi connectivity index (χ0n) is 36.1. The number of hydrogen-bond acceptors (Lipinski definition) is 13. The highest BCUT2D eigenvalue weighted by molar-refractivity contribution is 5.82. The molecule has 1 fully saturated rings. The normalized spacial score (nSPS) is 20.4. The number of fused-ring (bicyclic) bond motifs is 1. The van der Waals surface area contributed by atoms with Crippen LogP contribution in [0.5, 0.6) is 5.75 Å². The Labute approximate surface area is 346 Å². The van der Waals surface area contributed by atoms with E-state index in [9.17, 15) is 9.59 Å². The fraction of sp³-hybridized carbons (Fsp3) is 0.682. The van der Waals surface area contributed by atoms with E-state index in [2.05, 4.69) is 42.2 Å². The van der Waals surface area contributed by atoms with Gasteiger partial charge in [-0.1, -0.05) is 65.0 Å². The van der Waals surface area contributed by atoms with Crippen LogP contribution in [0.1, 0.15) is 63.6 Å². The van der Waals surface area contributed by atoms with E-state index in [-0.39, 0.29) is 55.9 Å². The van der Waals surface area contributed by atoms with Crippen LogP contribution in [0.15, 0.2) is 42.5 Å². The molecule has 4 N–H and O–H groups in total. The van der Waals surface area contributed by atoms with E-state index in [0.717, 1.165) is 47.6 Å². The van der Waals surface area contributed by atoms with Crippen LogP contribution in [-0.4, -0.2) is 134 Å². The third kappa shape index (κ3) is 13.9. The molecular weight excluding hydrogens is 745 g/mol. The van der Waals surface area contributed by atoms with Crippen molar-refractivity contribution in [3.63, 3.8) is 0 Å². The summed E-state index contributed by atoms with van der Waals surface area (Å²) in [6.07, 6.45) is -0.862. The highest BCUT2D eigenvalue weighted by Crippen LogP contribution is 2.36. The van der Waals surface area contributed by atoms with E-state index in [1.165, 1.54) is 0 Å². The van der Waals surface area contributed by atoms with Gasteiger partial charge in [0, 0.05) is 59.4 Å². The summed E-state index contributed by atoms with van der Waals surface area (Å²) >= 11 is 0. The van der Waals surface area contributed by atoms with Gasteiger partial charge in [0.1, 0.15) is 24.5 Å². The van der Waals surface area contributed by atoms with Gasteiger partial charge in [-0.15, -0.1) is 0 Å². The first kappa shape index (κ1) is 47.3. The summed E-state index contributed by atoms with van der Waals surface area (Å²) in [5.74, 6) is -0.0642. The fourth-order valence-corrected chi connectivity index (χ4v) is 7.23. The molecule has 1 amide bonds. The monoisotopic (exact) mass is 815 g/mol. The molecule has 2 aliphatic rings. The molecule has 0 radical (unpaired) electrons. The number of benzene rings is 2. The van der Waals surface area contributed by atoms with Gasteiger partial charge < -0.3 is 59.2 Å². The summed E-state index contributed by atoms with van der Waals surface area (Å²) in [5.41, 5.74) is 16.6. The first-order chi connectivity index (χ1) is 27.9. The first-order valence-corrected chi connectivity index (χ1v) is 20.7. The van der Waals surface area contributed by atoms with Crippen LogP contribution >= 0.6 is 0 Å². The number of anilines is 1. The molecule has 7 atom stereocenters. The number of nitrogens with zero attached hydrogens (tertiary/aromatic N) is 2. The number of nitrogens with two attached hydrogens (primary N) is 2. The molecule has 0 spiro atoms. The molecule has 0 bridgehead atoms. The van der Waals surface area contributed by atoms with Crippen molar-refractivity contribution >= 4 is 17.6 Å². The maximum Gasteiger partial charge on any atom is 0.323 e. The molecule has 1 saturated heterocycles. The lowest BCUT2D eigenvalue weighted by Gasteiger charge is -2.45. The maximum atomic E-state index is 13.9. The highest BCUT2D eigenvalue weighted by Gasteiger charge is 2.43. The van der Waals surface area contributed by atoms with Gasteiger partial charge in [0.15, 0.2) is 0 Å². The number of carbonyl (C=O) groups excluding carboxylic acids is 2. The second-order valence-corrected chi connectivity index (χ2v) is 16.3. The molecule has 0 saturated carbocycles. The van der Waals surface area contributed by atoms with Crippen LogP contribution in [0.2, 0.25) is 0 Å². The molecule has 0 aromatic heterocycles. The van der Waals surface area contributed by atoms with Crippen LogP contribution in [-0.2, 0) is 56.0 Å². The van der Waals surface area contributed by atoms with Crippen LogP contribution in [0, 0.1) is 17.8 Å². The van der Waals surface area contributed by atoms with E-state index >= 15 is 0 Å². The Bertz CT molecular complexity index is 1530. The van der Waals surface area contributed by atoms with Gasteiger partial charge in [0.05, 0.1) is 70.1 Å². The molecular formula is C44H70N4O10. The van der Waals surface area contributed by atoms with Crippen LogP contribution in [0.25, 0.3) is 0 Å². The number of carbonyl (C=O) groups is 2. The van der Waals surface area contributed by atoms with E-state index in [1.54, 1.807) is 26.2 Å². The van der Waals surface area contributed by atoms with Gasteiger partial charge in [-0.05, 0) is 47.1 Å². The molecule has 14 heteroatoms. The lowest BCUT2D eigenvalue weighted by molar-refractivity contribution is -0.165. The molecule has 0 unspecified atom stereocenters. The lowest BCUT2D eigenvalue weighted by atomic mass is 9.83. The molecule has 2 heterocycles. The Morgan fingerprint density at radius 2 is 1.47 bits per heavy atom. The van der Waals surface area contributed by atoms with Crippen LogP contribution in [0.3, 0.4) is 0 Å². The number of esters is 1. The largest absolute Gasteiger partial charge is 0.490 e. The average molecular weight is 815 g/mol. The van der Waals surface area contributed by atoms with Crippen molar-refractivity contribution in [2.24, 2.45) is 29.2 Å². The minimum Gasteiger partial charge on any atom is -0.490 e. The smallest absolute Gasteiger partial charge is 0.323 e.